The fraction of sp³-hybridized carbons (Fsp3) is 0.500. The highest BCUT2D eigenvalue weighted by Gasteiger charge is 2.20. The molecular weight excluding hydrogens is 324 g/mol. The maximum Gasteiger partial charge on any atom is 0.318 e. The van der Waals surface area contributed by atoms with E-state index in [2.05, 4.69) is 21.2 Å². The molecule has 0 fully saturated rings. The molecule has 0 heterocycles. The second-order valence-electron chi connectivity index (χ2n) is 4.82. The van der Waals surface area contributed by atoms with Crippen LogP contribution in [0.3, 0.4) is 0 Å². The Morgan fingerprint density at radius 3 is 2.45 bits per heavy atom. The molecule has 0 saturated heterocycles. The largest absolute Gasteiger partial charge is 0.394 e. The van der Waals surface area contributed by atoms with Gasteiger partial charge in [-0.15, -0.1) is 0 Å². The molecule has 0 aliphatic rings. The SMILES string of the molecule is C[C@H](CO)N(C[C@@H](C)O)C(=O)NCc1ccc(Br)cc1. The first-order chi connectivity index (χ1) is 9.43. The molecule has 0 aromatic heterocycles. The summed E-state index contributed by atoms with van der Waals surface area (Å²) in [6.07, 6.45) is -0.637. The molecule has 0 aliphatic carbocycles. The van der Waals surface area contributed by atoms with E-state index >= 15 is 0 Å². The Balaban J connectivity index is 2.59. The lowest BCUT2D eigenvalue weighted by Gasteiger charge is -2.29. The highest BCUT2D eigenvalue weighted by molar-refractivity contribution is 9.10. The third-order valence-electron chi connectivity index (χ3n) is 2.88. The van der Waals surface area contributed by atoms with Crippen LogP contribution in [0.4, 0.5) is 4.79 Å². The molecule has 6 heteroatoms. The van der Waals surface area contributed by atoms with Gasteiger partial charge >= 0.3 is 6.03 Å². The lowest BCUT2D eigenvalue weighted by Crippen LogP contribution is -2.49. The van der Waals surface area contributed by atoms with Crippen molar-refractivity contribution in [3.63, 3.8) is 0 Å². The van der Waals surface area contributed by atoms with Crippen LogP contribution in [-0.4, -0.2) is 46.4 Å². The van der Waals surface area contributed by atoms with Gasteiger partial charge in [-0.1, -0.05) is 28.1 Å². The zero-order valence-corrected chi connectivity index (χ0v) is 13.3. The maximum absolute atomic E-state index is 12.1. The zero-order chi connectivity index (χ0) is 15.1. The zero-order valence-electron chi connectivity index (χ0n) is 11.7. The second-order valence-corrected chi connectivity index (χ2v) is 5.73. The Hall–Kier alpha value is -1.11. The van der Waals surface area contributed by atoms with E-state index in [-0.39, 0.29) is 25.2 Å². The average molecular weight is 345 g/mol. The van der Waals surface area contributed by atoms with Gasteiger partial charge in [0.1, 0.15) is 0 Å². The van der Waals surface area contributed by atoms with Gasteiger partial charge in [-0.3, -0.25) is 0 Å². The molecule has 2 amide bonds. The first-order valence-electron chi connectivity index (χ1n) is 6.52. The van der Waals surface area contributed by atoms with Crippen LogP contribution < -0.4 is 5.32 Å². The number of hydrogen-bond donors (Lipinski definition) is 3. The van der Waals surface area contributed by atoms with Gasteiger partial charge < -0.3 is 20.4 Å². The minimum Gasteiger partial charge on any atom is -0.394 e. The summed E-state index contributed by atoms with van der Waals surface area (Å²) < 4.78 is 0.984. The van der Waals surface area contributed by atoms with Crippen molar-refractivity contribution in [2.75, 3.05) is 13.2 Å². The fourth-order valence-electron chi connectivity index (χ4n) is 1.73. The predicted molar refractivity (Wildman–Crippen MR) is 81.3 cm³/mol. The van der Waals surface area contributed by atoms with E-state index in [1.807, 2.05) is 24.3 Å². The first kappa shape index (κ1) is 16.9. The number of amides is 2. The summed E-state index contributed by atoms with van der Waals surface area (Å²) in [5, 5.41) is 21.4. The van der Waals surface area contributed by atoms with Crippen LogP contribution in [0.5, 0.6) is 0 Å². The first-order valence-corrected chi connectivity index (χ1v) is 7.31. The third-order valence-corrected chi connectivity index (χ3v) is 3.40. The molecule has 112 valence electrons. The van der Waals surface area contributed by atoms with Gasteiger partial charge in [-0.2, -0.15) is 0 Å². The molecule has 1 aromatic rings. The summed E-state index contributed by atoms with van der Waals surface area (Å²) in [5.74, 6) is 0. The lowest BCUT2D eigenvalue weighted by molar-refractivity contribution is 0.0936. The summed E-state index contributed by atoms with van der Waals surface area (Å²) in [5.41, 5.74) is 0.982. The van der Waals surface area contributed by atoms with Crippen molar-refractivity contribution in [3.05, 3.63) is 34.3 Å². The van der Waals surface area contributed by atoms with E-state index < -0.39 is 6.10 Å². The number of nitrogens with one attached hydrogen (secondary N) is 1. The topological polar surface area (TPSA) is 72.8 Å². The highest BCUT2D eigenvalue weighted by Crippen LogP contribution is 2.10. The number of benzene rings is 1. The van der Waals surface area contributed by atoms with Crippen LogP contribution in [0.2, 0.25) is 0 Å². The highest BCUT2D eigenvalue weighted by atomic mass is 79.9. The molecule has 0 spiro atoms. The normalized spacial score (nSPS) is 13.7. The number of aliphatic hydroxyl groups is 2. The van der Waals surface area contributed by atoms with Gasteiger partial charge in [0.25, 0.3) is 0 Å². The standard InChI is InChI=1S/C14H21BrN2O3/c1-10(9-18)17(8-11(2)19)14(20)16-7-12-3-5-13(15)6-4-12/h3-6,10-11,18-19H,7-9H2,1-2H3,(H,16,20)/t10-,11-/m1/s1. The number of nitrogens with zero attached hydrogens (tertiary/aromatic N) is 1. The molecular formula is C14H21BrN2O3. The quantitative estimate of drug-likeness (QED) is 0.735. The van der Waals surface area contributed by atoms with E-state index in [0.29, 0.717) is 6.54 Å². The fourth-order valence-corrected chi connectivity index (χ4v) is 1.99. The molecule has 0 radical (unpaired) electrons. The van der Waals surface area contributed by atoms with Crippen molar-refractivity contribution in [2.45, 2.75) is 32.5 Å². The van der Waals surface area contributed by atoms with Gasteiger partial charge in [0, 0.05) is 17.6 Å². The minimum atomic E-state index is -0.637. The van der Waals surface area contributed by atoms with Gasteiger partial charge in [-0.25, -0.2) is 4.79 Å². The van der Waals surface area contributed by atoms with Crippen molar-refractivity contribution in [3.8, 4) is 0 Å². The monoisotopic (exact) mass is 344 g/mol. The van der Waals surface area contributed by atoms with E-state index in [0.717, 1.165) is 10.0 Å². The van der Waals surface area contributed by atoms with Crippen molar-refractivity contribution in [1.82, 2.24) is 10.2 Å². The Labute approximate surface area is 127 Å². The summed E-state index contributed by atoms with van der Waals surface area (Å²) in [6.45, 7) is 3.80. The van der Waals surface area contributed by atoms with Crippen molar-refractivity contribution >= 4 is 22.0 Å². The molecule has 0 saturated carbocycles. The summed E-state index contributed by atoms with van der Waals surface area (Å²) in [7, 11) is 0. The molecule has 1 rings (SSSR count). The Bertz CT molecular complexity index is 423. The maximum atomic E-state index is 12.1. The predicted octanol–water partition coefficient (Wildman–Crippen LogP) is 1.72. The van der Waals surface area contributed by atoms with Crippen LogP contribution in [0.1, 0.15) is 19.4 Å². The third kappa shape index (κ3) is 5.48. The van der Waals surface area contributed by atoms with Gasteiger partial charge in [0.2, 0.25) is 0 Å². The number of carbonyl (C=O) groups excluding carboxylic acids is 1. The molecule has 0 aliphatic heterocycles. The molecule has 20 heavy (non-hydrogen) atoms. The molecule has 0 bridgehead atoms. The lowest BCUT2D eigenvalue weighted by atomic mass is 10.2. The van der Waals surface area contributed by atoms with Crippen LogP contribution in [-0.2, 0) is 6.54 Å². The second kappa shape index (κ2) is 8.24. The van der Waals surface area contributed by atoms with Gasteiger partial charge in [-0.05, 0) is 31.5 Å². The number of carbonyl (C=O) groups is 1. The molecule has 1 aromatic carbocycles. The Kier molecular flexibility index (Phi) is 6.98. The van der Waals surface area contributed by atoms with Crippen LogP contribution in [0.15, 0.2) is 28.7 Å². The van der Waals surface area contributed by atoms with Crippen molar-refractivity contribution in [2.24, 2.45) is 0 Å². The minimum absolute atomic E-state index is 0.140. The Morgan fingerprint density at radius 2 is 1.95 bits per heavy atom. The summed E-state index contributed by atoms with van der Waals surface area (Å²) in [6, 6.07) is 7.01. The molecule has 2 atom stereocenters. The van der Waals surface area contributed by atoms with Gasteiger partial charge in [0.15, 0.2) is 0 Å². The van der Waals surface area contributed by atoms with Crippen LogP contribution in [0.25, 0.3) is 0 Å². The average Bonchev–Trinajstić information content (AvgIpc) is 2.42. The smallest absolute Gasteiger partial charge is 0.318 e. The molecule has 3 N–H and O–H groups in total. The van der Waals surface area contributed by atoms with E-state index in [4.69, 9.17) is 0 Å². The van der Waals surface area contributed by atoms with Crippen molar-refractivity contribution < 1.29 is 15.0 Å². The Morgan fingerprint density at radius 1 is 1.35 bits per heavy atom. The summed E-state index contributed by atoms with van der Waals surface area (Å²) in [4.78, 5) is 13.5. The van der Waals surface area contributed by atoms with Crippen LogP contribution in [0, 0.1) is 0 Å². The van der Waals surface area contributed by atoms with Crippen LogP contribution >= 0.6 is 15.9 Å². The molecule has 0 unspecified atom stereocenters. The number of rotatable bonds is 6. The molecule has 5 nitrogen and oxygen atoms in total. The number of halogens is 1. The number of hydrogen-bond acceptors (Lipinski definition) is 3. The van der Waals surface area contributed by atoms with Crippen molar-refractivity contribution in [1.29, 1.82) is 0 Å². The van der Waals surface area contributed by atoms with E-state index in [1.54, 1.807) is 13.8 Å². The van der Waals surface area contributed by atoms with Gasteiger partial charge in [0.05, 0.1) is 18.8 Å². The number of aliphatic hydroxyl groups excluding tert-OH is 2. The van der Waals surface area contributed by atoms with E-state index in [9.17, 15) is 15.0 Å². The summed E-state index contributed by atoms with van der Waals surface area (Å²) >= 11 is 3.35. The number of urea groups is 1. The van der Waals surface area contributed by atoms with E-state index in [1.165, 1.54) is 4.90 Å².